The van der Waals surface area contributed by atoms with Crippen LogP contribution < -0.4 is 15.4 Å². The van der Waals surface area contributed by atoms with E-state index >= 15 is 0 Å². The number of hydrogen-bond donors (Lipinski definition) is 2. The van der Waals surface area contributed by atoms with Crippen LogP contribution in [-0.4, -0.2) is 88.4 Å². The lowest BCUT2D eigenvalue weighted by Gasteiger charge is -2.34. The Morgan fingerprint density at radius 1 is 1.20 bits per heavy atom. The number of nitrogens with one attached hydrogen (secondary N) is 2. The van der Waals surface area contributed by atoms with E-state index in [0.29, 0.717) is 12.6 Å². The summed E-state index contributed by atoms with van der Waals surface area (Å²) in [4.78, 5) is 9.87. The minimum absolute atomic E-state index is 0. The molecule has 8 heteroatoms. The fourth-order valence-corrected chi connectivity index (χ4v) is 4.12. The van der Waals surface area contributed by atoms with Crippen molar-refractivity contribution >= 4 is 29.9 Å². The minimum Gasteiger partial charge on any atom is -0.497 e. The van der Waals surface area contributed by atoms with Crippen LogP contribution >= 0.6 is 24.0 Å². The summed E-state index contributed by atoms with van der Waals surface area (Å²) in [6.07, 6.45) is 2.54. The average molecular weight is 531 g/mol. The van der Waals surface area contributed by atoms with Crippen LogP contribution in [0.25, 0.3) is 0 Å². The molecule has 2 fully saturated rings. The summed E-state index contributed by atoms with van der Waals surface area (Å²) >= 11 is 0. The number of halogens is 1. The zero-order valence-electron chi connectivity index (χ0n) is 18.6. The van der Waals surface area contributed by atoms with E-state index in [0.717, 1.165) is 51.1 Å². The van der Waals surface area contributed by atoms with Crippen molar-refractivity contribution < 1.29 is 9.47 Å². The van der Waals surface area contributed by atoms with Gasteiger partial charge in [-0.05, 0) is 51.1 Å². The Bertz CT molecular complexity index is 637. The summed E-state index contributed by atoms with van der Waals surface area (Å²) in [5.74, 6) is 1.79. The van der Waals surface area contributed by atoms with Gasteiger partial charge in [-0.25, -0.2) is 0 Å². The van der Waals surface area contributed by atoms with Crippen molar-refractivity contribution in [3.05, 3.63) is 29.8 Å². The van der Waals surface area contributed by atoms with Crippen molar-refractivity contribution in [2.24, 2.45) is 4.99 Å². The second-order valence-electron chi connectivity index (χ2n) is 7.81. The molecule has 30 heavy (non-hydrogen) atoms. The van der Waals surface area contributed by atoms with Gasteiger partial charge in [0.25, 0.3) is 0 Å². The number of aliphatic imine (C=N–C) groups is 1. The van der Waals surface area contributed by atoms with Gasteiger partial charge < -0.3 is 25.0 Å². The molecule has 1 aromatic carbocycles. The highest BCUT2D eigenvalue weighted by Crippen LogP contribution is 2.24. The summed E-state index contributed by atoms with van der Waals surface area (Å²) in [6.45, 7) is 9.24. The predicted octanol–water partition coefficient (Wildman–Crippen LogP) is 2.34. The highest BCUT2D eigenvalue weighted by atomic mass is 127. The lowest BCUT2D eigenvalue weighted by Crippen LogP contribution is -2.45. The molecular formula is C22H38IN5O2. The van der Waals surface area contributed by atoms with E-state index in [4.69, 9.17) is 14.5 Å². The molecule has 2 atom stereocenters. The Kier molecular flexibility index (Phi) is 11.2. The zero-order valence-corrected chi connectivity index (χ0v) is 20.9. The Hall–Kier alpha value is -1.10. The van der Waals surface area contributed by atoms with Gasteiger partial charge in [0.05, 0.1) is 32.9 Å². The van der Waals surface area contributed by atoms with Crippen molar-refractivity contribution in [2.75, 3.05) is 66.6 Å². The van der Waals surface area contributed by atoms with Gasteiger partial charge in [-0.2, -0.15) is 0 Å². The molecule has 2 unspecified atom stereocenters. The quantitative estimate of drug-likeness (QED) is 0.305. The topological polar surface area (TPSA) is 61.4 Å². The van der Waals surface area contributed by atoms with Crippen molar-refractivity contribution in [3.63, 3.8) is 0 Å². The molecular weight excluding hydrogens is 493 g/mol. The summed E-state index contributed by atoms with van der Waals surface area (Å²) in [5.41, 5.74) is 1.27. The second kappa shape index (κ2) is 13.3. The van der Waals surface area contributed by atoms with Gasteiger partial charge in [-0.3, -0.25) is 9.89 Å². The molecule has 0 saturated carbocycles. The molecule has 2 N–H and O–H groups in total. The molecule has 2 aliphatic heterocycles. The van der Waals surface area contributed by atoms with E-state index < -0.39 is 0 Å². The minimum atomic E-state index is 0. The number of hydrogen-bond acceptors (Lipinski definition) is 5. The fraction of sp³-hybridized carbons (Fsp3) is 0.682. The Morgan fingerprint density at radius 2 is 1.93 bits per heavy atom. The molecule has 1 aromatic rings. The first-order valence-electron chi connectivity index (χ1n) is 10.9. The van der Waals surface area contributed by atoms with Crippen LogP contribution in [0.1, 0.15) is 31.4 Å². The Balaban J connectivity index is 0.00000320. The van der Waals surface area contributed by atoms with Gasteiger partial charge in [0, 0.05) is 32.2 Å². The van der Waals surface area contributed by atoms with Gasteiger partial charge in [-0.15, -0.1) is 24.0 Å². The number of likely N-dealkylation sites (tertiary alicyclic amines) is 1. The molecule has 2 aliphatic rings. The standard InChI is InChI=1S/C22H37N5O2.HI/c1-4-23-22(24-16-19-6-5-11-26(19)2)25-17-21(27-12-14-29-15-13-27)18-7-9-20(28-3)10-8-18;/h7-10,19,21H,4-6,11-17H2,1-3H3,(H2,23,24,25);1H. The number of morpholine rings is 1. The van der Waals surface area contributed by atoms with Gasteiger partial charge in [0.15, 0.2) is 5.96 Å². The molecule has 0 spiro atoms. The van der Waals surface area contributed by atoms with E-state index in [1.807, 2.05) is 12.1 Å². The van der Waals surface area contributed by atoms with Crippen LogP contribution in [0.4, 0.5) is 0 Å². The highest BCUT2D eigenvalue weighted by Gasteiger charge is 2.23. The molecule has 2 saturated heterocycles. The zero-order chi connectivity index (χ0) is 20.5. The highest BCUT2D eigenvalue weighted by molar-refractivity contribution is 14.0. The van der Waals surface area contributed by atoms with E-state index in [-0.39, 0.29) is 30.0 Å². The third kappa shape index (κ3) is 7.25. The summed E-state index contributed by atoms with van der Waals surface area (Å²) in [5, 5.41) is 6.96. The van der Waals surface area contributed by atoms with Gasteiger partial charge >= 0.3 is 0 Å². The normalized spacial score (nSPS) is 21.7. The molecule has 0 aromatic heterocycles. The third-order valence-electron chi connectivity index (χ3n) is 5.93. The summed E-state index contributed by atoms with van der Waals surface area (Å²) in [7, 11) is 3.91. The smallest absolute Gasteiger partial charge is 0.191 e. The predicted molar refractivity (Wildman–Crippen MR) is 133 cm³/mol. The molecule has 0 aliphatic carbocycles. The maximum Gasteiger partial charge on any atom is 0.191 e. The van der Waals surface area contributed by atoms with Crippen LogP contribution in [-0.2, 0) is 4.74 Å². The summed E-state index contributed by atoms with van der Waals surface area (Å²) in [6, 6.07) is 9.20. The number of nitrogens with zero attached hydrogens (tertiary/aromatic N) is 3. The van der Waals surface area contributed by atoms with Crippen molar-refractivity contribution in [2.45, 2.75) is 31.8 Å². The van der Waals surface area contributed by atoms with Crippen LogP contribution in [0.15, 0.2) is 29.3 Å². The van der Waals surface area contributed by atoms with Gasteiger partial charge in [0.1, 0.15) is 5.75 Å². The number of rotatable bonds is 8. The molecule has 170 valence electrons. The van der Waals surface area contributed by atoms with Gasteiger partial charge in [0.2, 0.25) is 0 Å². The summed E-state index contributed by atoms with van der Waals surface area (Å²) < 4.78 is 10.9. The van der Waals surface area contributed by atoms with E-state index in [1.165, 1.54) is 24.9 Å². The van der Waals surface area contributed by atoms with Crippen molar-refractivity contribution in [3.8, 4) is 5.75 Å². The van der Waals surface area contributed by atoms with E-state index in [2.05, 4.69) is 46.5 Å². The van der Waals surface area contributed by atoms with Crippen LogP contribution in [0.2, 0.25) is 0 Å². The molecule has 0 radical (unpaired) electrons. The van der Waals surface area contributed by atoms with Crippen LogP contribution in [0, 0.1) is 0 Å². The van der Waals surface area contributed by atoms with Gasteiger partial charge in [-0.1, -0.05) is 12.1 Å². The molecule has 2 heterocycles. The van der Waals surface area contributed by atoms with Crippen molar-refractivity contribution in [1.29, 1.82) is 0 Å². The first kappa shape index (κ1) is 25.2. The maximum atomic E-state index is 5.57. The second-order valence-corrected chi connectivity index (χ2v) is 7.81. The first-order chi connectivity index (χ1) is 14.2. The number of benzene rings is 1. The first-order valence-corrected chi connectivity index (χ1v) is 10.9. The van der Waals surface area contributed by atoms with Crippen LogP contribution in [0.5, 0.6) is 5.75 Å². The Labute approximate surface area is 198 Å². The third-order valence-corrected chi connectivity index (χ3v) is 5.93. The fourth-order valence-electron chi connectivity index (χ4n) is 4.12. The van der Waals surface area contributed by atoms with E-state index in [9.17, 15) is 0 Å². The SMILES string of the molecule is CCNC(=NCC(c1ccc(OC)cc1)N1CCOCC1)NCC1CCCN1C.I. The number of likely N-dealkylation sites (N-methyl/N-ethyl adjacent to an activating group) is 1. The number of methoxy groups -OCH3 is 1. The molecule has 0 bridgehead atoms. The molecule has 0 amide bonds. The number of guanidine groups is 1. The molecule has 7 nitrogen and oxygen atoms in total. The van der Waals surface area contributed by atoms with Crippen molar-refractivity contribution in [1.82, 2.24) is 20.4 Å². The van der Waals surface area contributed by atoms with Crippen LogP contribution in [0.3, 0.4) is 0 Å². The largest absolute Gasteiger partial charge is 0.497 e. The Morgan fingerprint density at radius 3 is 2.53 bits per heavy atom. The maximum absolute atomic E-state index is 5.57. The lowest BCUT2D eigenvalue weighted by atomic mass is 10.0. The monoisotopic (exact) mass is 531 g/mol. The molecule has 3 rings (SSSR count). The average Bonchev–Trinajstić information content (AvgIpc) is 3.18. The van der Waals surface area contributed by atoms with E-state index in [1.54, 1.807) is 7.11 Å². The number of ether oxygens (including phenoxy) is 2. The lowest BCUT2D eigenvalue weighted by molar-refractivity contribution is 0.0179.